The number of carbonyl (C=O) groups excluding carboxylic acids is 1. The van der Waals surface area contributed by atoms with E-state index in [4.69, 9.17) is 16.3 Å². The monoisotopic (exact) mass is 476 g/mol. The molecule has 27 heavy (non-hydrogen) atoms. The molecule has 3 rings (SSSR count). The molecule has 0 spiro atoms. The van der Waals surface area contributed by atoms with Gasteiger partial charge in [-0.1, -0.05) is 17.7 Å². The number of ether oxygens (including phenoxy) is 1. The van der Waals surface area contributed by atoms with Gasteiger partial charge in [-0.3, -0.25) is 4.79 Å². The van der Waals surface area contributed by atoms with Gasteiger partial charge in [0.15, 0.2) is 5.82 Å². The van der Waals surface area contributed by atoms with Gasteiger partial charge in [-0.25, -0.2) is 12.8 Å². The second-order valence-corrected chi connectivity index (χ2v) is 8.91. The Morgan fingerprint density at radius 2 is 1.93 bits per heavy atom. The second-order valence-electron chi connectivity index (χ2n) is 5.71. The summed E-state index contributed by atoms with van der Waals surface area (Å²) in [4.78, 5) is 12.6. The highest BCUT2D eigenvalue weighted by Gasteiger charge is 2.27. The molecule has 0 atom stereocenters. The molecule has 144 valence electrons. The van der Waals surface area contributed by atoms with Gasteiger partial charge in [-0.15, -0.1) is 0 Å². The van der Waals surface area contributed by atoms with Gasteiger partial charge in [-0.05, 0) is 46.3 Å². The first-order valence-corrected chi connectivity index (χ1v) is 10.5. The smallest absolute Gasteiger partial charge is 0.256 e. The molecular formula is C17H15BrClFN2O4S. The number of anilines is 1. The van der Waals surface area contributed by atoms with Crippen LogP contribution in [0.3, 0.4) is 0 Å². The Morgan fingerprint density at radius 3 is 2.63 bits per heavy atom. The third kappa shape index (κ3) is 4.33. The highest BCUT2D eigenvalue weighted by atomic mass is 79.9. The standard InChI is InChI=1S/C17H15BrClFN2O4S/c18-13-5-4-11(27(24,25)22-6-8-26-9-7-22)10-12(13)17(23)21-15-3-1-2-14(19)16(15)20/h1-5,10H,6-9H2,(H,21,23). The molecule has 2 aromatic carbocycles. The number of nitrogens with zero attached hydrogens (tertiary/aromatic N) is 1. The quantitative estimate of drug-likeness (QED) is 0.731. The van der Waals surface area contributed by atoms with Crippen molar-refractivity contribution >= 4 is 49.1 Å². The fourth-order valence-corrected chi connectivity index (χ4v) is 4.60. The SMILES string of the molecule is O=C(Nc1cccc(Cl)c1F)c1cc(S(=O)(=O)N2CCOCC2)ccc1Br. The predicted octanol–water partition coefficient (Wildman–Crippen LogP) is 3.51. The number of amides is 1. The highest BCUT2D eigenvalue weighted by Crippen LogP contribution is 2.27. The number of benzene rings is 2. The Hall–Kier alpha value is -1.52. The number of hydrogen-bond acceptors (Lipinski definition) is 4. The zero-order valence-corrected chi connectivity index (χ0v) is 17.1. The van der Waals surface area contributed by atoms with E-state index in [1.165, 1.54) is 40.7 Å². The van der Waals surface area contributed by atoms with Crippen molar-refractivity contribution in [2.24, 2.45) is 0 Å². The average Bonchev–Trinajstić information content (AvgIpc) is 2.66. The zero-order chi connectivity index (χ0) is 19.6. The predicted molar refractivity (Wildman–Crippen MR) is 103 cm³/mol. The van der Waals surface area contributed by atoms with Crippen LogP contribution in [0.1, 0.15) is 10.4 Å². The third-order valence-electron chi connectivity index (χ3n) is 3.99. The van der Waals surface area contributed by atoms with E-state index in [0.29, 0.717) is 17.7 Å². The lowest BCUT2D eigenvalue weighted by molar-refractivity contribution is 0.0730. The van der Waals surface area contributed by atoms with Crippen LogP contribution in [0.25, 0.3) is 0 Å². The van der Waals surface area contributed by atoms with Gasteiger partial charge in [0.25, 0.3) is 5.91 Å². The van der Waals surface area contributed by atoms with Crippen molar-refractivity contribution in [3.63, 3.8) is 0 Å². The molecule has 1 heterocycles. The number of nitrogens with one attached hydrogen (secondary N) is 1. The van der Waals surface area contributed by atoms with Crippen molar-refractivity contribution in [3.8, 4) is 0 Å². The first-order valence-electron chi connectivity index (χ1n) is 7.93. The zero-order valence-electron chi connectivity index (χ0n) is 13.9. The lowest BCUT2D eigenvalue weighted by Gasteiger charge is -2.26. The number of morpholine rings is 1. The Morgan fingerprint density at radius 1 is 1.22 bits per heavy atom. The van der Waals surface area contributed by atoms with E-state index in [0.717, 1.165) is 0 Å². The van der Waals surface area contributed by atoms with Crippen LogP contribution >= 0.6 is 27.5 Å². The second kappa shape index (κ2) is 8.24. The van der Waals surface area contributed by atoms with Crippen molar-refractivity contribution in [2.75, 3.05) is 31.6 Å². The Kier molecular flexibility index (Phi) is 6.17. The fraction of sp³-hybridized carbons (Fsp3) is 0.235. The van der Waals surface area contributed by atoms with Gasteiger partial charge in [0, 0.05) is 17.6 Å². The van der Waals surface area contributed by atoms with E-state index in [1.807, 2.05) is 0 Å². The van der Waals surface area contributed by atoms with Crippen LogP contribution in [0.15, 0.2) is 45.8 Å². The minimum atomic E-state index is -3.77. The lowest BCUT2D eigenvalue weighted by Crippen LogP contribution is -2.40. The van der Waals surface area contributed by atoms with Crippen LogP contribution in [0.5, 0.6) is 0 Å². The summed E-state index contributed by atoms with van der Waals surface area (Å²) >= 11 is 8.95. The van der Waals surface area contributed by atoms with Crippen LogP contribution in [-0.2, 0) is 14.8 Å². The molecule has 1 aliphatic rings. The van der Waals surface area contributed by atoms with E-state index >= 15 is 0 Å². The summed E-state index contributed by atoms with van der Waals surface area (Å²) in [5.41, 5.74) is -0.0375. The van der Waals surface area contributed by atoms with Gasteiger partial charge in [0.2, 0.25) is 10.0 Å². The van der Waals surface area contributed by atoms with E-state index in [1.54, 1.807) is 0 Å². The van der Waals surface area contributed by atoms with Crippen molar-refractivity contribution in [3.05, 3.63) is 57.3 Å². The van der Waals surface area contributed by atoms with Crippen LogP contribution in [-0.4, -0.2) is 44.9 Å². The van der Waals surface area contributed by atoms with Crippen LogP contribution in [0.4, 0.5) is 10.1 Å². The molecule has 1 N–H and O–H groups in total. The van der Waals surface area contributed by atoms with Gasteiger partial charge >= 0.3 is 0 Å². The Bertz CT molecular complexity index is 981. The Labute approximate surface area is 169 Å². The summed E-state index contributed by atoms with van der Waals surface area (Å²) in [6.45, 7) is 1.12. The van der Waals surface area contributed by atoms with Crippen molar-refractivity contribution in [1.82, 2.24) is 4.31 Å². The molecule has 0 unspecified atom stereocenters. The van der Waals surface area contributed by atoms with E-state index < -0.39 is 21.7 Å². The van der Waals surface area contributed by atoms with Gasteiger partial charge in [0.05, 0.1) is 34.4 Å². The summed E-state index contributed by atoms with van der Waals surface area (Å²) in [7, 11) is -3.77. The van der Waals surface area contributed by atoms with Gasteiger partial charge in [-0.2, -0.15) is 4.31 Å². The molecule has 1 amide bonds. The molecule has 0 bridgehead atoms. The maximum atomic E-state index is 14.0. The molecule has 0 aromatic heterocycles. The van der Waals surface area contributed by atoms with Crippen LogP contribution < -0.4 is 5.32 Å². The normalized spacial score (nSPS) is 15.5. The van der Waals surface area contributed by atoms with Gasteiger partial charge < -0.3 is 10.1 Å². The van der Waals surface area contributed by atoms with E-state index in [2.05, 4.69) is 21.2 Å². The Balaban J connectivity index is 1.91. The third-order valence-corrected chi connectivity index (χ3v) is 6.87. The first-order chi connectivity index (χ1) is 12.8. The summed E-state index contributed by atoms with van der Waals surface area (Å²) < 4.78 is 46.4. The molecule has 0 aliphatic carbocycles. The maximum Gasteiger partial charge on any atom is 0.256 e. The highest BCUT2D eigenvalue weighted by molar-refractivity contribution is 9.10. The fourth-order valence-electron chi connectivity index (χ4n) is 2.56. The van der Waals surface area contributed by atoms with Crippen LogP contribution in [0, 0.1) is 5.82 Å². The molecular weight excluding hydrogens is 463 g/mol. The lowest BCUT2D eigenvalue weighted by atomic mass is 10.2. The topological polar surface area (TPSA) is 75.7 Å². The van der Waals surface area contributed by atoms with E-state index in [-0.39, 0.29) is 34.3 Å². The minimum absolute atomic E-state index is 0.0238. The summed E-state index contributed by atoms with van der Waals surface area (Å²) in [5, 5.41) is 2.28. The summed E-state index contributed by atoms with van der Waals surface area (Å²) in [5.74, 6) is -1.43. The molecule has 1 fully saturated rings. The van der Waals surface area contributed by atoms with Crippen LogP contribution in [0.2, 0.25) is 5.02 Å². The molecule has 0 saturated carbocycles. The summed E-state index contributed by atoms with van der Waals surface area (Å²) in [6.07, 6.45) is 0. The van der Waals surface area contributed by atoms with Crippen molar-refractivity contribution in [1.29, 1.82) is 0 Å². The largest absolute Gasteiger partial charge is 0.379 e. The number of carbonyl (C=O) groups is 1. The number of rotatable bonds is 4. The molecule has 0 radical (unpaired) electrons. The van der Waals surface area contributed by atoms with Crippen molar-refractivity contribution < 1.29 is 22.3 Å². The average molecular weight is 478 g/mol. The molecule has 2 aromatic rings. The first kappa shape index (κ1) is 20.2. The molecule has 6 nitrogen and oxygen atoms in total. The molecule has 1 aliphatic heterocycles. The molecule has 1 saturated heterocycles. The molecule has 10 heteroatoms. The number of hydrogen-bond donors (Lipinski definition) is 1. The number of sulfonamides is 1. The summed E-state index contributed by atoms with van der Waals surface area (Å²) in [6, 6.07) is 8.35. The number of halogens is 3. The minimum Gasteiger partial charge on any atom is -0.379 e. The van der Waals surface area contributed by atoms with E-state index in [9.17, 15) is 17.6 Å². The maximum absolute atomic E-state index is 14.0. The van der Waals surface area contributed by atoms with Gasteiger partial charge in [0.1, 0.15) is 0 Å². The van der Waals surface area contributed by atoms with Crippen molar-refractivity contribution in [2.45, 2.75) is 4.90 Å².